The third-order valence-corrected chi connectivity index (χ3v) is 2.07. The highest BCUT2D eigenvalue weighted by molar-refractivity contribution is 5.81. The molecule has 1 aliphatic heterocycles. The minimum atomic E-state index is 0.229. The van der Waals surface area contributed by atoms with Crippen LogP contribution in [-0.2, 0) is 9.53 Å². The van der Waals surface area contributed by atoms with Crippen molar-refractivity contribution in [3.8, 4) is 0 Å². The lowest BCUT2D eigenvalue weighted by atomic mass is 9.94. The van der Waals surface area contributed by atoms with Gasteiger partial charge in [-0.15, -0.1) is 0 Å². The summed E-state index contributed by atoms with van der Waals surface area (Å²) in [6, 6.07) is 0. The molecule has 0 radical (unpaired) electrons. The van der Waals surface area contributed by atoms with E-state index in [2.05, 4.69) is 0 Å². The zero-order valence-corrected chi connectivity index (χ0v) is 6.71. The van der Waals surface area contributed by atoms with Crippen molar-refractivity contribution in [1.29, 1.82) is 0 Å². The maximum absolute atomic E-state index is 11.3. The molecule has 0 saturated carbocycles. The highest BCUT2D eigenvalue weighted by Crippen LogP contribution is 2.16. The van der Waals surface area contributed by atoms with Gasteiger partial charge in [0.25, 0.3) is 0 Å². The molecule has 1 saturated heterocycles. The van der Waals surface area contributed by atoms with Crippen LogP contribution in [0.4, 0.5) is 0 Å². The second-order valence-corrected chi connectivity index (χ2v) is 2.89. The van der Waals surface area contributed by atoms with Crippen LogP contribution in [0.5, 0.6) is 0 Å². The minimum absolute atomic E-state index is 0.229. The van der Waals surface area contributed by atoms with Crippen LogP contribution in [-0.4, -0.2) is 25.5 Å². The summed E-state index contributed by atoms with van der Waals surface area (Å²) in [6.07, 6.45) is 2.31. The van der Waals surface area contributed by atoms with Crippen LogP contribution in [0.3, 0.4) is 0 Å². The third-order valence-electron chi connectivity index (χ3n) is 2.07. The molecule has 1 fully saturated rings. The van der Waals surface area contributed by atoms with Gasteiger partial charge in [0, 0.05) is 25.6 Å². The van der Waals surface area contributed by atoms with Gasteiger partial charge in [-0.1, -0.05) is 0 Å². The lowest BCUT2D eigenvalue weighted by Crippen LogP contribution is -2.25. The molecular weight excluding hydrogens is 142 g/mol. The molecule has 0 spiro atoms. The van der Waals surface area contributed by atoms with Gasteiger partial charge in [-0.2, -0.15) is 0 Å². The topological polar surface area (TPSA) is 52.3 Å². The van der Waals surface area contributed by atoms with Crippen molar-refractivity contribution < 1.29 is 9.53 Å². The van der Waals surface area contributed by atoms with Gasteiger partial charge in [0.1, 0.15) is 5.78 Å². The summed E-state index contributed by atoms with van der Waals surface area (Å²) >= 11 is 0. The van der Waals surface area contributed by atoms with E-state index in [0.717, 1.165) is 26.1 Å². The number of ketones is 1. The van der Waals surface area contributed by atoms with Gasteiger partial charge < -0.3 is 10.5 Å². The monoisotopic (exact) mass is 157 g/mol. The number of rotatable bonds is 3. The lowest BCUT2D eigenvalue weighted by Gasteiger charge is -2.20. The molecule has 64 valence electrons. The molecule has 1 heterocycles. The molecule has 3 nitrogen and oxygen atoms in total. The Morgan fingerprint density at radius 1 is 1.45 bits per heavy atom. The van der Waals surface area contributed by atoms with Crippen molar-refractivity contribution in [1.82, 2.24) is 0 Å². The molecule has 1 rings (SSSR count). The maximum atomic E-state index is 11.3. The average molecular weight is 157 g/mol. The van der Waals surface area contributed by atoms with Crippen molar-refractivity contribution >= 4 is 5.78 Å². The van der Waals surface area contributed by atoms with E-state index in [4.69, 9.17) is 10.5 Å². The SMILES string of the molecule is NCCC(=O)C1CCOCC1. The van der Waals surface area contributed by atoms with E-state index in [1.807, 2.05) is 0 Å². The predicted molar refractivity (Wildman–Crippen MR) is 42.2 cm³/mol. The number of Topliss-reactive ketones (excluding diaryl/α,β-unsaturated/α-hetero) is 1. The minimum Gasteiger partial charge on any atom is -0.381 e. The molecule has 0 bridgehead atoms. The van der Waals surface area contributed by atoms with Gasteiger partial charge in [0.05, 0.1) is 0 Å². The molecule has 0 aromatic heterocycles. The fourth-order valence-corrected chi connectivity index (χ4v) is 1.37. The summed E-state index contributed by atoms with van der Waals surface area (Å²) in [5.74, 6) is 0.545. The Hall–Kier alpha value is -0.410. The zero-order chi connectivity index (χ0) is 8.10. The van der Waals surface area contributed by atoms with Gasteiger partial charge >= 0.3 is 0 Å². The van der Waals surface area contributed by atoms with Crippen LogP contribution in [0.1, 0.15) is 19.3 Å². The van der Waals surface area contributed by atoms with Crippen LogP contribution in [0, 0.1) is 5.92 Å². The molecule has 1 aliphatic rings. The second kappa shape index (κ2) is 4.46. The van der Waals surface area contributed by atoms with E-state index in [1.165, 1.54) is 0 Å². The van der Waals surface area contributed by atoms with Crippen molar-refractivity contribution in [2.75, 3.05) is 19.8 Å². The molecule has 0 amide bonds. The smallest absolute Gasteiger partial charge is 0.137 e. The van der Waals surface area contributed by atoms with Crippen LogP contribution in [0.2, 0.25) is 0 Å². The van der Waals surface area contributed by atoms with Gasteiger partial charge in [-0.3, -0.25) is 4.79 Å². The fourth-order valence-electron chi connectivity index (χ4n) is 1.37. The Kier molecular flexibility index (Phi) is 3.52. The summed E-state index contributed by atoms with van der Waals surface area (Å²) in [4.78, 5) is 11.3. The van der Waals surface area contributed by atoms with E-state index in [9.17, 15) is 4.79 Å². The molecule has 0 aromatic rings. The zero-order valence-electron chi connectivity index (χ0n) is 6.71. The maximum Gasteiger partial charge on any atom is 0.137 e. The van der Waals surface area contributed by atoms with E-state index in [0.29, 0.717) is 18.7 Å². The van der Waals surface area contributed by atoms with E-state index >= 15 is 0 Å². The lowest BCUT2D eigenvalue weighted by molar-refractivity contribution is -0.125. The number of hydrogen-bond donors (Lipinski definition) is 1. The third kappa shape index (κ3) is 2.60. The molecule has 0 aromatic carbocycles. The van der Waals surface area contributed by atoms with Crippen LogP contribution in [0.15, 0.2) is 0 Å². The van der Waals surface area contributed by atoms with E-state index < -0.39 is 0 Å². The Morgan fingerprint density at radius 3 is 2.64 bits per heavy atom. The molecule has 11 heavy (non-hydrogen) atoms. The molecule has 0 unspecified atom stereocenters. The number of hydrogen-bond acceptors (Lipinski definition) is 3. The van der Waals surface area contributed by atoms with E-state index in [-0.39, 0.29) is 5.92 Å². The first kappa shape index (κ1) is 8.68. The van der Waals surface area contributed by atoms with E-state index in [1.54, 1.807) is 0 Å². The average Bonchev–Trinajstić information content (AvgIpc) is 2.07. The molecule has 0 aliphatic carbocycles. The largest absolute Gasteiger partial charge is 0.381 e. The molecular formula is C8H15NO2. The predicted octanol–water partition coefficient (Wildman–Crippen LogP) is 0.331. The first-order chi connectivity index (χ1) is 5.34. The number of ether oxygens (including phenoxy) is 1. The van der Waals surface area contributed by atoms with Crippen molar-refractivity contribution in [2.24, 2.45) is 11.7 Å². The number of carbonyl (C=O) groups is 1. The normalized spacial score (nSPS) is 20.1. The van der Waals surface area contributed by atoms with Crippen LogP contribution in [0.25, 0.3) is 0 Å². The highest BCUT2D eigenvalue weighted by atomic mass is 16.5. The van der Waals surface area contributed by atoms with Crippen LogP contribution >= 0.6 is 0 Å². The number of carbonyl (C=O) groups excluding carboxylic acids is 1. The van der Waals surface area contributed by atoms with Gasteiger partial charge in [0.15, 0.2) is 0 Å². The first-order valence-corrected chi connectivity index (χ1v) is 4.15. The second-order valence-electron chi connectivity index (χ2n) is 2.89. The Bertz CT molecular complexity index is 130. The first-order valence-electron chi connectivity index (χ1n) is 4.15. The van der Waals surface area contributed by atoms with Crippen molar-refractivity contribution in [3.63, 3.8) is 0 Å². The quantitative estimate of drug-likeness (QED) is 0.642. The molecule has 2 N–H and O–H groups in total. The van der Waals surface area contributed by atoms with Crippen molar-refractivity contribution in [2.45, 2.75) is 19.3 Å². The Balaban J connectivity index is 2.27. The number of nitrogens with two attached hydrogens (primary N) is 1. The fraction of sp³-hybridized carbons (Fsp3) is 0.875. The summed E-state index contributed by atoms with van der Waals surface area (Å²) in [5.41, 5.74) is 5.28. The molecule has 0 atom stereocenters. The summed E-state index contributed by atoms with van der Waals surface area (Å²) < 4.78 is 5.14. The standard InChI is InChI=1S/C8H15NO2/c9-4-1-8(10)7-2-5-11-6-3-7/h7H,1-6,9H2. The van der Waals surface area contributed by atoms with Crippen LogP contribution < -0.4 is 5.73 Å². The highest BCUT2D eigenvalue weighted by Gasteiger charge is 2.19. The Labute approximate surface area is 66.9 Å². The van der Waals surface area contributed by atoms with Gasteiger partial charge in [-0.05, 0) is 19.4 Å². The van der Waals surface area contributed by atoms with Crippen molar-refractivity contribution in [3.05, 3.63) is 0 Å². The summed E-state index contributed by atoms with van der Waals surface area (Å²) in [6.45, 7) is 1.96. The van der Waals surface area contributed by atoms with Gasteiger partial charge in [0.2, 0.25) is 0 Å². The Morgan fingerprint density at radius 2 is 2.09 bits per heavy atom. The summed E-state index contributed by atoms with van der Waals surface area (Å²) in [5, 5.41) is 0. The summed E-state index contributed by atoms with van der Waals surface area (Å²) in [7, 11) is 0. The molecule has 3 heteroatoms. The van der Waals surface area contributed by atoms with Gasteiger partial charge in [-0.25, -0.2) is 0 Å².